The number of methoxy groups -OCH3 is 1. The molecular formula is C12H19NOS. The van der Waals surface area contributed by atoms with Crippen molar-refractivity contribution in [3.8, 4) is 0 Å². The second-order valence-corrected chi connectivity index (χ2v) is 4.12. The SMILES string of the molecule is COCCNCCC=CCc1ccsc1. The molecule has 15 heavy (non-hydrogen) atoms. The van der Waals surface area contributed by atoms with Crippen molar-refractivity contribution >= 4 is 11.3 Å². The smallest absolute Gasteiger partial charge is 0.0587 e. The van der Waals surface area contributed by atoms with Crippen LogP contribution in [0.15, 0.2) is 29.0 Å². The summed E-state index contributed by atoms with van der Waals surface area (Å²) in [7, 11) is 1.72. The molecule has 0 amide bonds. The maximum Gasteiger partial charge on any atom is 0.0587 e. The highest BCUT2D eigenvalue weighted by molar-refractivity contribution is 7.07. The Labute approximate surface area is 96.0 Å². The summed E-state index contributed by atoms with van der Waals surface area (Å²) in [6.45, 7) is 2.76. The van der Waals surface area contributed by atoms with E-state index in [-0.39, 0.29) is 0 Å². The topological polar surface area (TPSA) is 21.3 Å². The molecule has 1 N–H and O–H groups in total. The highest BCUT2D eigenvalue weighted by atomic mass is 32.1. The van der Waals surface area contributed by atoms with Gasteiger partial charge >= 0.3 is 0 Å². The molecule has 0 aliphatic carbocycles. The van der Waals surface area contributed by atoms with Gasteiger partial charge in [-0.25, -0.2) is 0 Å². The number of rotatable bonds is 8. The van der Waals surface area contributed by atoms with Crippen LogP contribution in [0.25, 0.3) is 0 Å². The van der Waals surface area contributed by atoms with Crippen molar-refractivity contribution in [2.75, 3.05) is 26.8 Å². The Morgan fingerprint density at radius 3 is 3.07 bits per heavy atom. The summed E-state index contributed by atoms with van der Waals surface area (Å²) in [6.07, 6.45) is 6.62. The quantitative estimate of drug-likeness (QED) is 0.542. The average Bonchev–Trinajstić information content (AvgIpc) is 2.75. The number of hydrogen-bond donors (Lipinski definition) is 1. The maximum atomic E-state index is 4.94. The Morgan fingerprint density at radius 2 is 2.33 bits per heavy atom. The predicted octanol–water partition coefficient (Wildman–Crippen LogP) is 2.47. The average molecular weight is 225 g/mol. The number of hydrogen-bond acceptors (Lipinski definition) is 3. The molecule has 0 atom stereocenters. The lowest BCUT2D eigenvalue weighted by Crippen LogP contribution is -2.19. The largest absolute Gasteiger partial charge is 0.383 e. The van der Waals surface area contributed by atoms with E-state index in [2.05, 4.69) is 34.3 Å². The second-order valence-electron chi connectivity index (χ2n) is 3.34. The van der Waals surface area contributed by atoms with Gasteiger partial charge in [0.15, 0.2) is 0 Å². The molecule has 0 saturated carbocycles. The third kappa shape index (κ3) is 6.44. The Morgan fingerprint density at radius 1 is 1.40 bits per heavy atom. The molecule has 0 unspecified atom stereocenters. The molecule has 2 nitrogen and oxygen atoms in total. The lowest BCUT2D eigenvalue weighted by atomic mass is 10.2. The highest BCUT2D eigenvalue weighted by Gasteiger charge is 1.87. The van der Waals surface area contributed by atoms with Gasteiger partial charge in [-0.15, -0.1) is 0 Å². The number of thiophene rings is 1. The van der Waals surface area contributed by atoms with Gasteiger partial charge in [0.25, 0.3) is 0 Å². The Kier molecular flexibility index (Phi) is 7.17. The molecule has 0 fully saturated rings. The van der Waals surface area contributed by atoms with Crippen LogP contribution in [0.5, 0.6) is 0 Å². The first-order valence-corrected chi connectivity index (χ1v) is 6.23. The summed E-state index contributed by atoms with van der Waals surface area (Å²) < 4.78 is 4.94. The van der Waals surface area contributed by atoms with Crippen LogP contribution in [-0.2, 0) is 11.2 Å². The molecule has 0 aliphatic heterocycles. The molecule has 1 heterocycles. The van der Waals surface area contributed by atoms with Crippen LogP contribution in [-0.4, -0.2) is 26.8 Å². The Bertz CT molecular complexity index is 257. The molecular weight excluding hydrogens is 206 g/mol. The van der Waals surface area contributed by atoms with Gasteiger partial charge in [0.1, 0.15) is 0 Å². The molecule has 3 heteroatoms. The molecule has 84 valence electrons. The van der Waals surface area contributed by atoms with Gasteiger partial charge in [-0.1, -0.05) is 12.2 Å². The van der Waals surface area contributed by atoms with Crippen LogP contribution < -0.4 is 5.32 Å². The monoisotopic (exact) mass is 225 g/mol. The summed E-state index contributed by atoms with van der Waals surface area (Å²) in [4.78, 5) is 0. The molecule has 1 rings (SSSR count). The fraction of sp³-hybridized carbons (Fsp3) is 0.500. The zero-order chi connectivity index (χ0) is 10.8. The van der Waals surface area contributed by atoms with E-state index in [1.54, 1.807) is 18.4 Å². The van der Waals surface area contributed by atoms with Crippen molar-refractivity contribution in [3.63, 3.8) is 0 Å². The summed E-state index contributed by atoms with van der Waals surface area (Å²) in [5, 5.41) is 7.62. The molecule has 0 aliphatic rings. The zero-order valence-electron chi connectivity index (χ0n) is 9.24. The van der Waals surface area contributed by atoms with E-state index in [4.69, 9.17) is 4.74 Å². The van der Waals surface area contributed by atoms with Crippen molar-refractivity contribution in [1.29, 1.82) is 0 Å². The van der Waals surface area contributed by atoms with E-state index in [0.717, 1.165) is 32.5 Å². The van der Waals surface area contributed by atoms with Crippen LogP contribution in [0.2, 0.25) is 0 Å². The summed E-state index contributed by atoms with van der Waals surface area (Å²) in [5.41, 5.74) is 1.41. The Balaban J connectivity index is 1.93. The maximum absolute atomic E-state index is 4.94. The highest BCUT2D eigenvalue weighted by Crippen LogP contribution is 2.06. The van der Waals surface area contributed by atoms with Crippen LogP contribution in [0.4, 0.5) is 0 Å². The first-order chi connectivity index (χ1) is 7.43. The van der Waals surface area contributed by atoms with E-state index >= 15 is 0 Å². The molecule has 0 aromatic carbocycles. The van der Waals surface area contributed by atoms with Crippen LogP contribution in [0, 0.1) is 0 Å². The predicted molar refractivity (Wildman–Crippen MR) is 66.5 cm³/mol. The standard InChI is InChI=1S/C12H19NOS/c1-14-9-8-13-7-4-2-3-5-12-6-10-15-11-12/h2-3,6,10-11,13H,4-5,7-9H2,1H3. The van der Waals surface area contributed by atoms with Gasteiger partial charge in [0, 0.05) is 13.7 Å². The molecule has 1 aromatic rings. The first-order valence-electron chi connectivity index (χ1n) is 5.29. The number of ether oxygens (including phenoxy) is 1. The summed E-state index contributed by atoms with van der Waals surface area (Å²) in [5.74, 6) is 0. The fourth-order valence-electron chi connectivity index (χ4n) is 1.23. The van der Waals surface area contributed by atoms with Gasteiger partial charge in [-0.05, 0) is 41.8 Å². The third-order valence-corrected chi connectivity index (χ3v) is 2.80. The van der Waals surface area contributed by atoms with E-state index in [1.807, 2.05) is 0 Å². The van der Waals surface area contributed by atoms with Gasteiger partial charge in [-0.2, -0.15) is 11.3 Å². The lowest BCUT2D eigenvalue weighted by Gasteiger charge is -2.00. The minimum Gasteiger partial charge on any atom is -0.383 e. The van der Waals surface area contributed by atoms with E-state index in [1.165, 1.54) is 5.56 Å². The van der Waals surface area contributed by atoms with Crippen LogP contribution >= 0.6 is 11.3 Å². The molecule has 0 spiro atoms. The number of nitrogens with one attached hydrogen (secondary N) is 1. The number of allylic oxidation sites excluding steroid dienone is 1. The van der Waals surface area contributed by atoms with Crippen molar-refractivity contribution in [1.82, 2.24) is 5.32 Å². The van der Waals surface area contributed by atoms with Crippen molar-refractivity contribution in [3.05, 3.63) is 34.5 Å². The van der Waals surface area contributed by atoms with Gasteiger partial charge in [0.05, 0.1) is 6.61 Å². The van der Waals surface area contributed by atoms with Gasteiger partial charge in [-0.3, -0.25) is 0 Å². The molecule has 0 saturated heterocycles. The normalized spacial score (nSPS) is 11.3. The molecule has 1 aromatic heterocycles. The minimum absolute atomic E-state index is 0.790. The minimum atomic E-state index is 0.790. The fourth-order valence-corrected chi connectivity index (χ4v) is 1.91. The zero-order valence-corrected chi connectivity index (χ0v) is 10.1. The second kappa shape index (κ2) is 8.65. The van der Waals surface area contributed by atoms with Crippen LogP contribution in [0.3, 0.4) is 0 Å². The van der Waals surface area contributed by atoms with Crippen LogP contribution in [0.1, 0.15) is 12.0 Å². The third-order valence-electron chi connectivity index (χ3n) is 2.07. The summed E-state index contributed by atoms with van der Waals surface area (Å²) in [6, 6.07) is 2.17. The Hall–Kier alpha value is -0.640. The van der Waals surface area contributed by atoms with E-state index in [0.29, 0.717) is 0 Å². The summed E-state index contributed by atoms with van der Waals surface area (Å²) >= 11 is 1.76. The van der Waals surface area contributed by atoms with Crippen molar-refractivity contribution in [2.45, 2.75) is 12.8 Å². The molecule has 0 radical (unpaired) electrons. The molecule has 0 bridgehead atoms. The first kappa shape index (κ1) is 12.4. The van der Waals surface area contributed by atoms with Crippen molar-refractivity contribution < 1.29 is 4.74 Å². The van der Waals surface area contributed by atoms with Gasteiger partial charge < -0.3 is 10.1 Å². The van der Waals surface area contributed by atoms with E-state index in [9.17, 15) is 0 Å². The van der Waals surface area contributed by atoms with E-state index < -0.39 is 0 Å². The van der Waals surface area contributed by atoms with Crippen molar-refractivity contribution in [2.24, 2.45) is 0 Å². The van der Waals surface area contributed by atoms with Gasteiger partial charge in [0.2, 0.25) is 0 Å². The lowest BCUT2D eigenvalue weighted by molar-refractivity contribution is 0.199.